The molecule has 3 heterocycles. The molecule has 0 aromatic carbocycles. The normalized spacial score (nSPS) is 17.2. The molecule has 9 heteroatoms. The molecular weight excluding hydrogens is 457 g/mol. The summed E-state index contributed by atoms with van der Waals surface area (Å²) in [5.41, 5.74) is -0.0482. The quantitative estimate of drug-likeness (QED) is 0.391. The van der Waals surface area contributed by atoms with Crippen LogP contribution < -0.4 is 10.6 Å². The maximum atomic E-state index is 5.82. The first-order chi connectivity index (χ1) is 12.3. The standard InChI is InChI=1S/C18H29N7O.HI/c1-6-19-17(21-10-16-20-9-14(26-16)18(3,4)5)23-13-7-8-15-22-12(2)24-25(15)11-13;/h9,13H,6-8,10-11H2,1-5H3,(H2,19,21,23);1H. The predicted molar refractivity (Wildman–Crippen MR) is 115 cm³/mol. The fourth-order valence-corrected chi connectivity index (χ4v) is 2.94. The fraction of sp³-hybridized carbons (Fsp3) is 0.667. The van der Waals surface area contributed by atoms with Gasteiger partial charge in [-0.1, -0.05) is 20.8 Å². The molecule has 0 amide bonds. The Morgan fingerprint density at radius 2 is 2.19 bits per heavy atom. The number of nitrogens with one attached hydrogen (secondary N) is 2. The van der Waals surface area contributed by atoms with Gasteiger partial charge in [-0.25, -0.2) is 19.6 Å². The van der Waals surface area contributed by atoms with Gasteiger partial charge in [0, 0.05) is 24.4 Å². The molecule has 0 spiro atoms. The second kappa shape index (κ2) is 9.03. The van der Waals surface area contributed by atoms with Gasteiger partial charge in [-0.2, -0.15) is 5.10 Å². The lowest BCUT2D eigenvalue weighted by molar-refractivity contribution is 0.381. The minimum Gasteiger partial charge on any atom is -0.443 e. The van der Waals surface area contributed by atoms with Gasteiger partial charge in [-0.05, 0) is 20.3 Å². The van der Waals surface area contributed by atoms with Gasteiger partial charge in [0.05, 0.1) is 12.7 Å². The van der Waals surface area contributed by atoms with Gasteiger partial charge in [0.25, 0.3) is 0 Å². The first-order valence-electron chi connectivity index (χ1n) is 9.25. The number of guanidine groups is 1. The third-order valence-electron chi connectivity index (χ3n) is 4.31. The monoisotopic (exact) mass is 487 g/mol. The van der Waals surface area contributed by atoms with Crippen LogP contribution in [0.1, 0.15) is 57.4 Å². The highest BCUT2D eigenvalue weighted by Gasteiger charge is 2.22. The molecule has 1 aliphatic heterocycles. The van der Waals surface area contributed by atoms with Gasteiger partial charge < -0.3 is 15.1 Å². The third-order valence-corrected chi connectivity index (χ3v) is 4.31. The van der Waals surface area contributed by atoms with Gasteiger partial charge >= 0.3 is 0 Å². The number of nitrogens with zero attached hydrogens (tertiary/aromatic N) is 5. The van der Waals surface area contributed by atoms with Crippen molar-refractivity contribution < 1.29 is 4.42 Å². The van der Waals surface area contributed by atoms with Crippen LogP contribution in [0, 0.1) is 6.92 Å². The van der Waals surface area contributed by atoms with Gasteiger partial charge in [-0.3, -0.25) is 0 Å². The lowest BCUT2D eigenvalue weighted by atomic mass is 9.94. The van der Waals surface area contributed by atoms with E-state index in [4.69, 9.17) is 4.42 Å². The average Bonchev–Trinajstić information content (AvgIpc) is 3.17. The molecule has 2 N–H and O–H groups in total. The summed E-state index contributed by atoms with van der Waals surface area (Å²) in [5.74, 6) is 4.18. The zero-order valence-electron chi connectivity index (χ0n) is 16.7. The van der Waals surface area contributed by atoms with Gasteiger partial charge in [-0.15, -0.1) is 24.0 Å². The van der Waals surface area contributed by atoms with Crippen LogP contribution in [-0.4, -0.2) is 38.3 Å². The zero-order valence-corrected chi connectivity index (χ0v) is 19.1. The van der Waals surface area contributed by atoms with E-state index in [1.54, 1.807) is 6.20 Å². The van der Waals surface area contributed by atoms with Crippen LogP contribution in [-0.2, 0) is 24.9 Å². The summed E-state index contributed by atoms with van der Waals surface area (Å²) >= 11 is 0. The highest BCUT2D eigenvalue weighted by Crippen LogP contribution is 2.22. The van der Waals surface area contributed by atoms with Crippen LogP contribution in [0.5, 0.6) is 0 Å². The number of aliphatic imine (C=N–C) groups is 1. The number of hydrogen-bond donors (Lipinski definition) is 2. The smallest absolute Gasteiger partial charge is 0.216 e. The Labute approximate surface area is 177 Å². The molecule has 0 aliphatic carbocycles. The van der Waals surface area contributed by atoms with E-state index in [2.05, 4.69) is 58.4 Å². The van der Waals surface area contributed by atoms with Crippen LogP contribution in [0.15, 0.2) is 15.6 Å². The van der Waals surface area contributed by atoms with E-state index < -0.39 is 0 Å². The molecule has 27 heavy (non-hydrogen) atoms. The van der Waals surface area contributed by atoms with Crippen LogP contribution in [0.4, 0.5) is 0 Å². The molecule has 0 fully saturated rings. The van der Waals surface area contributed by atoms with E-state index in [9.17, 15) is 0 Å². The fourth-order valence-electron chi connectivity index (χ4n) is 2.94. The Bertz CT molecular complexity index is 775. The zero-order chi connectivity index (χ0) is 18.7. The number of fused-ring (bicyclic) bond motifs is 1. The molecular formula is C18H30IN7O. The predicted octanol–water partition coefficient (Wildman–Crippen LogP) is 2.56. The lowest BCUT2D eigenvalue weighted by Gasteiger charge is -2.25. The van der Waals surface area contributed by atoms with Crippen LogP contribution in [0.3, 0.4) is 0 Å². The Morgan fingerprint density at radius 1 is 1.41 bits per heavy atom. The molecule has 2 aromatic rings. The number of oxazole rings is 1. The van der Waals surface area contributed by atoms with Crippen LogP contribution >= 0.6 is 24.0 Å². The van der Waals surface area contributed by atoms with Crippen molar-refractivity contribution in [2.24, 2.45) is 4.99 Å². The second-order valence-corrected chi connectivity index (χ2v) is 7.70. The molecule has 1 unspecified atom stereocenters. The molecule has 2 aromatic heterocycles. The van der Waals surface area contributed by atoms with Crippen molar-refractivity contribution in [2.75, 3.05) is 6.54 Å². The molecule has 8 nitrogen and oxygen atoms in total. The molecule has 3 rings (SSSR count). The van der Waals surface area contributed by atoms with E-state index in [1.165, 1.54) is 0 Å². The molecule has 0 bridgehead atoms. The number of halogens is 1. The van der Waals surface area contributed by atoms with Gasteiger partial charge in [0.1, 0.15) is 24.0 Å². The summed E-state index contributed by atoms with van der Waals surface area (Å²) in [6.07, 6.45) is 3.73. The Morgan fingerprint density at radius 3 is 2.85 bits per heavy atom. The molecule has 0 radical (unpaired) electrons. The van der Waals surface area contributed by atoms with E-state index in [1.807, 2.05) is 11.6 Å². The van der Waals surface area contributed by atoms with Crippen molar-refractivity contribution in [3.63, 3.8) is 0 Å². The topological polar surface area (TPSA) is 93.2 Å². The van der Waals surface area contributed by atoms with E-state index in [0.717, 1.165) is 49.3 Å². The summed E-state index contributed by atoms with van der Waals surface area (Å²) < 4.78 is 7.81. The van der Waals surface area contributed by atoms with Crippen molar-refractivity contribution >= 4 is 29.9 Å². The number of rotatable bonds is 4. The number of hydrogen-bond acceptors (Lipinski definition) is 5. The Hall–Kier alpha value is -1.65. The van der Waals surface area contributed by atoms with Gasteiger partial charge in [0.15, 0.2) is 5.96 Å². The minimum absolute atomic E-state index is 0. The first-order valence-corrected chi connectivity index (χ1v) is 9.25. The Balaban J connectivity index is 0.00000261. The third kappa shape index (κ3) is 5.66. The molecule has 150 valence electrons. The molecule has 0 saturated heterocycles. The summed E-state index contributed by atoms with van der Waals surface area (Å²) in [6.45, 7) is 12.3. The van der Waals surface area contributed by atoms with Crippen molar-refractivity contribution in [1.82, 2.24) is 30.4 Å². The van der Waals surface area contributed by atoms with Crippen molar-refractivity contribution in [2.45, 2.75) is 72.0 Å². The highest BCUT2D eigenvalue weighted by molar-refractivity contribution is 14.0. The molecule has 0 saturated carbocycles. The maximum absolute atomic E-state index is 5.82. The maximum Gasteiger partial charge on any atom is 0.216 e. The van der Waals surface area contributed by atoms with Crippen molar-refractivity contribution in [3.8, 4) is 0 Å². The Kier molecular flexibility index (Phi) is 7.24. The van der Waals surface area contributed by atoms with Crippen LogP contribution in [0.2, 0.25) is 0 Å². The van der Waals surface area contributed by atoms with Crippen molar-refractivity contribution in [3.05, 3.63) is 29.5 Å². The highest BCUT2D eigenvalue weighted by atomic mass is 127. The summed E-state index contributed by atoms with van der Waals surface area (Å²) in [4.78, 5) is 13.4. The number of aromatic nitrogens is 4. The largest absolute Gasteiger partial charge is 0.443 e. The minimum atomic E-state index is -0.0482. The molecule has 1 aliphatic rings. The first kappa shape index (κ1) is 21.6. The second-order valence-electron chi connectivity index (χ2n) is 7.70. The van der Waals surface area contributed by atoms with E-state index in [-0.39, 0.29) is 35.4 Å². The summed E-state index contributed by atoms with van der Waals surface area (Å²) in [7, 11) is 0. The SMILES string of the molecule is CCNC(=NCc1ncc(C(C)(C)C)o1)NC1CCc2nc(C)nn2C1.I. The van der Waals surface area contributed by atoms with Gasteiger partial charge in [0.2, 0.25) is 5.89 Å². The van der Waals surface area contributed by atoms with Crippen molar-refractivity contribution in [1.29, 1.82) is 0 Å². The van der Waals surface area contributed by atoms with E-state index in [0.29, 0.717) is 12.4 Å². The van der Waals surface area contributed by atoms with E-state index >= 15 is 0 Å². The van der Waals surface area contributed by atoms with Crippen LogP contribution in [0.25, 0.3) is 0 Å². The molecule has 1 atom stereocenters. The number of aryl methyl sites for hydroxylation is 2. The lowest BCUT2D eigenvalue weighted by Crippen LogP contribution is -2.47. The summed E-state index contributed by atoms with van der Waals surface area (Å²) in [5, 5.41) is 11.2. The summed E-state index contributed by atoms with van der Waals surface area (Å²) in [6, 6.07) is 0.274. The average molecular weight is 487 g/mol.